The zero-order chi connectivity index (χ0) is 20.1. The molecule has 7 nitrogen and oxygen atoms in total. The maximum absolute atomic E-state index is 12.7. The average molecular weight is 397 g/mol. The number of nitrogens with zero attached hydrogens (tertiary/aromatic N) is 1. The number of hydrogen-bond donors (Lipinski definition) is 2. The molecule has 27 heavy (non-hydrogen) atoms. The van der Waals surface area contributed by atoms with Crippen molar-refractivity contribution >= 4 is 21.8 Å². The van der Waals surface area contributed by atoms with Crippen LogP contribution in [0.4, 0.5) is 4.79 Å². The summed E-state index contributed by atoms with van der Waals surface area (Å²) in [7, 11) is -3.26. The van der Waals surface area contributed by atoms with Gasteiger partial charge in [0.1, 0.15) is 0 Å². The van der Waals surface area contributed by atoms with Crippen LogP contribution in [0.3, 0.4) is 0 Å². The molecule has 2 amide bonds. The van der Waals surface area contributed by atoms with E-state index >= 15 is 0 Å². The lowest BCUT2D eigenvalue weighted by molar-refractivity contribution is -0.137. The third-order valence-electron chi connectivity index (χ3n) is 5.10. The monoisotopic (exact) mass is 396 g/mol. The zero-order valence-corrected chi connectivity index (χ0v) is 16.7. The van der Waals surface area contributed by atoms with Crippen molar-refractivity contribution in [2.75, 3.05) is 18.8 Å². The number of amides is 2. The molecule has 0 bridgehead atoms. The van der Waals surface area contributed by atoms with E-state index in [4.69, 9.17) is 5.11 Å². The number of benzene rings is 1. The molecule has 8 heteroatoms. The highest BCUT2D eigenvalue weighted by atomic mass is 32.2. The van der Waals surface area contributed by atoms with Crippen LogP contribution in [0.15, 0.2) is 30.3 Å². The maximum atomic E-state index is 12.7. The molecule has 0 aromatic heterocycles. The predicted molar refractivity (Wildman–Crippen MR) is 103 cm³/mol. The number of aliphatic carboxylic acids is 1. The van der Waals surface area contributed by atoms with Gasteiger partial charge in [0.05, 0.1) is 10.5 Å². The van der Waals surface area contributed by atoms with Gasteiger partial charge in [0.15, 0.2) is 9.84 Å². The van der Waals surface area contributed by atoms with E-state index in [2.05, 4.69) is 5.32 Å². The van der Waals surface area contributed by atoms with E-state index in [9.17, 15) is 18.0 Å². The molecule has 1 aromatic carbocycles. The number of carboxylic acid groups (broad SMARTS) is 1. The summed E-state index contributed by atoms with van der Waals surface area (Å²) in [6, 6.07) is 8.88. The van der Waals surface area contributed by atoms with Crippen LogP contribution in [0.2, 0.25) is 0 Å². The summed E-state index contributed by atoms with van der Waals surface area (Å²) in [5.41, 5.74) is 1.01. The first-order chi connectivity index (χ1) is 12.6. The Kier molecular flexibility index (Phi) is 6.86. The van der Waals surface area contributed by atoms with Gasteiger partial charge >= 0.3 is 12.0 Å². The van der Waals surface area contributed by atoms with Gasteiger partial charge in [0.2, 0.25) is 0 Å². The highest BCUT2D eigenvalue weighted by Crippen LogP contribution is 2.25. The van der Waals surface area contributed by atoms with Crippen molar-refractivity contribution in [3.63, 3.8) is 0 Å². The van der Waals surface area contributed by atoms with E-state index in [1.54, 1.807) is 13.8 Å². The topological polar surface area (TPSA) is 104 Å². The quantitative estimate of drug-likeness (QED) is 0.766. The van der Waals surface area contributed by atoms with Crippen LogP contribution >= 0.6 is 0 Å². The zero-order valence-electron chi connectivity index (χ0n) is 15.8. The van der Waals surface area contributed by atoms with Gasteiger partial charge < -0.3 is 15.3 Å². The van der Waals surface area contributed by atoms with Crippen LogP contribution < -0.4 is 5.32 Å². The Labute approximate surface area is 160 Å². The molecule has 1 heterocycles. The van der Waals surface area contributed by atoms with Crippen LogP contribution in [-0.2, 0) is 21.1 Å². The molecule has 1 aliphatic rings. The first-order valence-electron chi connectivity index (χ1n) is 9.14. The standard InChI is InChI=1S/C19H28N2O5S/c1-19(2)10-11-21(12-13-27(19,25)26)18(24)20-16(8-9-17(22)23)14-15-6-4-3-5-7-15/h3-7,16H,8-14H2,1-2H3,(H,20,24)(H,22,23). The van der Waals surface area contributed by atoms with Crippen molar-refractivity contribution in [1.29, 1.82) is 0 Å². The van der Waals surface area contributed by atoms with Gasteiger partial charge in [-0.25, -0.2) is 13.2 Å². The largest absolute Gasteiger partial charge is 0.481 e. The number of hydrogen-bond acceptors (Lipinski definition) is 4. The fourth-order valence-corrected chi connectivity index (χ4v) is 4.48. The second kappa shape index (κ2) is 8.73. The van der Waals surface area contributed by atoms with Crippen molar-refractivity contribution in [2.24, 2.45) is 0 Å². The lowest BCUT2D eigenvalue weighted by Crippen LogP contribution is -2.46. The van der Waals surface area contributed by atoms with E-state index in [-0.39, 0.29) is 30.8 Å². The SMILES string of the molecule is CC1(C)CCN(C(=O)NC(CCC(=O)O)Cc2ccccc2)CCS1(=O)=O. The number of urea groups is 1. The third kappa shape index (κ3) is 5.95. The van der Waals surface area contributed by atoms with E-state index in [1.165, 1.54) is 4.90 Å². The molecule has 0 saturated carbocycles. The van der Waals surface area contributed by atoms with E-state index in [1.807, 2.05) is 30.3 Å². The first kappa shape index (κ1) is 21.2. The van der Waals surface area contributed by atoms with Crippen molar-refractivity contribution < 1.29 is 23.1 Å². The lowest BCUT2D eigenvalue weighted by Gasteiger charge is -2.26. The Morgan fingerprint density at radius 1 is 1.22 bits per heavy atom. The fraction of sp³-hybridized carbons (Fsp3) is 0.579. The van der Waals surface area contributed by atoms with Gasteiger partial charge in [-0.1, -0.05) is 30.3 Å². The van der Waals surface area contributed by atoms with Gasteiger partial charge in [-0.15, -0.1) is 0 Å². The minimum absolute atomic E-state index is 0.0425. The molecular formula is C19H28N2O5S. The molecule has 0 aliphatic carbocycles. The number of carbonyl (C=O) groups excluding carboxylic acids is 1. The third-order valence-corrected chi connectivity index (χ3v) is 7.71. The van der Waals surface area contributed by atoms with Crippen LogP contribution in [0.1, 0.15) is 38.7 Å². The number of nitrogens with one attached hydrogen (secondary N) is 1. The first-order valence-corrected chi connectivity index (χ1v) is 10.8. The van der Waals surface area contributed by atoms with Crippen LogP contribution in [0, 0.1) is 0 Å². The maximum Gasteiger partial charge on any atom is 0.317 e. The highest BCUT2D eigenvalue weighted by Gasteiger charge is 2.38. The molecule has 1 aromatic rings. The highest BCUT2D eigenvalue weighted by molar-refractivity contribution is 7.92. The number of sulfone groups is 1. The smallest absolute Gasteiger partial charge is 0.317 e. The summed E-state index contributed by atoms with van der Waals surface area (Å²) >= 11 is 0. The Morgan fingerprint density at radius 2 is 1.89 bits per heavy atom. The number of rotatable bonds is 6. The Morgan fingerprint density at radius 3 is 2.52 bits per heavy atom. The molecule has 2 rings (SSSR count). The van der Waals surface area contributed by atoms with Gasteiger partial charge in [0.25, 0.3) is 0 Å². The van der Waals surface area contributed by atoms with Gasteiger partial charge in [-0.2, -0.15) is 0 Å². The van der Waals surface area contributed by atoms with E-state index < -0.39 is 20.6 Å². The summed E-state index contributed by atoms with van der Waals surface area (Å²) in [5.74, 6) is -0.976. The molecule has 1 unspecified atom stereocenters. The summed E-state index contributed by atoms with van der Waals surface area (Å²) in [5, 5.41) is 11.9. The van der Waals surface area contributed by atoms with Crippen molar-refractivity contribution in [3.8, 4) is 0 Å². The minimum Gasteiger partial charge on any atom is -0.481 e. The van der Waals surface area contributed by atoms with E-state index in [0.29, 0.717) is 25.8 Å². The Bertz CT molecular complexity index is 762. The van der Waals surface area contributed by atoms with Gasteiger partial charge in [-0.05, 0) is 38.7 Å². The number of carbonyl (C=O) groups is 2. The summed E-state index contributed by atoms with van der Waals surface area (Å²) in [4.78, 5) is 25.2. The van der Waals surface area contributed by atoms with Crippen LogP contribution in [-0.4, -0.2) is 60.1 Å². The molecule has 0 radical (unpaired) electrons. The van der Waals surface area contributed by atoms with Crippen LogP contribution in [0.5, 0.6) is 0 Å². The summed E-state index contributed by atoms with van der Waals surface area (Å²) in [6.45, 7) is 3.88. The second-order valence-corrected chi connectivity index (χ2v) is 10.3. The molecule has 1 atom stereocenters. The fourth-order valence-electron chi connectivity index (χ4n) is 3.07. The normalized spacial score (nSPS) is 19.7. The Hall–Kier alpha value is -2.09. The van der Waals surface area contributed by atoms with Crippen molar-refractivity contribution in [1.82, 2.24) is 10.2 Å². The van der Waals surface area contributed by atoms with Gasteiger partial charge in [0, 0.05) is 25.6 Å². The summed E-state index contributed by atoms with van der Waals surface area (Å²) in [6.07, 6.45) is 1.17. The van der Waals surface area contributed by atoms with Crippen molar-refractivity contribution in [3.05, 3.63) is 35.9 Å². The molecular weight excluding hydrogens is 368 g/mol. The average Bonchev–Trinajstić information content (AvgIpc) is 2.70. The van der Waals surface area contributed by atoms with E-state index in [0.717, 1.165) is 5.56 Å². The Balaban J connectivity index is 2.04. The van der Waals surface area contributed by atoms with Gasteiger partial charge in [-0.3, -0.25) is 4.79 Å². The summed E-state index contributed by atoms with van der Waals surface area (Å²) < 4.78 is 23.8. The predicted octanol–water partition coefficient (Wildman–Crippen LogP) is 2.07. The molecule has 1 saturated heterocycles. The molecule has 1 fully saturated rings. The second-order valence-electron chi connectivity index (χ2n) is 7.58. The van der Waals surface area contributed by atoms with Crippen LogP contribution in [0.25, 0.3) is 0 Å². The number of carboxylic acids is 1. The molecule has 2 N–H and O–H groups in total. The molecule has 0 spiro atoms. The molecule has 1 aliphatic heterocycles. The molecule has 150 valence electrons. The lowest BCUT2D eigenvalue weighted by atomic mass is 10.0. The minimum atomic E-state index is -3.26. The van der Waals surface area contributed by atoms with Crippen molar-refractivity contribution in [2.45, 2.75) is 50.3 Å².